The predicted octanol–water partition coefficient (Wildman–Crippen LogP) is 4.22. The lowest BCUT2D eigenvalue weighted by Gasteiger charge is -2.20. The van der Waals surface area contributed by atoms with Gasteiger partial charge in [0.15, 0.2) is 11.5 Å². The molecule has 1 atom stereocenters. The Morgan fingerprint density at radius 2 is 1.73 bits per heavy atom. The van der Waals surface area contributed by atoms with E-state index in [1.54, 1.807) is 30.3 Å². The highest BCUT2D eigenvalue weighted by atomic mass is 32.2. The maximum Gasteiger partial charge on any atom is 0.265 e. The number of nitrogens with two attached hydrogens (primary N) is 1. The van der Waals surface area contributed by atoms with E-state index in [1.807, 2.05) is 20.8 Å². The molecule has 4 rings (SSSR count). The minimum atomic E-state index is -4.09. The van der Waals surface area contributed by atoms with Gasteiger partial charge in [-0.25, -0.2) is 13.1 Å². The SMILES string of the molecule is CCCc1cc(C(=O)NS(=O)(=O)c2ccc(C(C)C)cc2)ccc1OC(C(N)=O)c1cc(OC)c2c(c1)OCO2. The Morgan fingerprint density at radius 1 is 1.00 bits per heavy atom. The number of methoxy groups -OCH3 is 1. The molecule has 3 aromatic carbocycles. The zero-order chi connectivity index (χ0) is 29.0. The minimum absolute atomic E-state index is 0.0116. The molecular formula is C29H32N2O8S. The standard InChI is InChI=1S/C29H32N2O8S/c1-5-6-19-13-20(29(33)31-40(34,35)22-10-7-18(8-11-22)17(2)3)9-12-23(19)39-26(28(30)32)21-14-24(36-4)27-25(15-21)37-16-38-27/h7-15,17,26H,5-6,16H2,1-4H3,(H2,30,32)(H,31,33). The van der Waals surface area contributed by atoms with Crippen LogP contribution in [0.15, 0.2) is 59.5 Å². The molecule has 0 bridgehead atoms. The molecule has 0 fully saturated rings. The fourth-order valence-corrected chi connectivity index (χ4v) is 5.26. The van der Waals surface area contributed by atoms with Crippen molar-refractivity contribution < 1.29 is 37.0 Å². The van der Waals surface area contributed by atoms with Crippen molar-refractivity contribution in [2.75, 3.05) is 13.9 Å². The number of fused-ring (bicyclic) bond motifs is 1. The zero-order valence-corrected chi connectivity index (χ0v) is 23.5. The van der Waals surface area contributed by atoms with Gasteiger partial charge >= 0.3 is 0 Å². The van der Waals surface area contributed by atoms with Crippen LogP contribution in [-0.4, -0.2) is 34.1 Å². The van der Waals surface area contributed by atoms with Crippen LogP contribution in [-0.2, 0) is 21.2 Å². The summed E-state index contributed by atoms with van der Waals surface area (Å²) in [6.07, 6.45) is -0.00975. The van der Waals surface area contributed by atoms with Crippen LogP contribution in [0.3, 0.4) is 0 Å². The predicted molar refractivity (Wildman–Crippen MR) is 147 cm³/mol. The van der Waals surface area contributed by atoms with Crippen LogP contribution in [0.5, 0.6) is 23.0 Å². The minimum Gasteiger partial charge on any atom is -0.493 e. The molecule has 0 aliphatic carbocycles. The Bertz CT molecular complexity index is 1520. The van der Waals surface area contributed by atoms with Crippen LogP contribution in [0.25, 0.3) is 0 Å². The van der Waals surface area contributed by atoms with Gasteiger partial charge in [0, 0.05) is 11.1 Å². The Morgan fingerprint density at radius 3 is 2.35 bits per heavy atom. The molecule has 0 radical (unpaired) electrons. The summed E-state index contributed by atoms with van der Waals surface area (Å²) in [6.45, 7) is 5.96. The molecule has 40 heavy (non-hydrogen) atoms. The molecule has 1 heterocycles. The van der Waals surface area contributed by atoms with Gasteiger partial charge < -0.3 is 24.7 Å². The lowest BCUT2D eigenvalue weighted by molar-refractivity contribution is -0.125. The Kier molecular flexibility index (Phi) is 8.53. The van der Waals surface area contributed by atoms with Crippen molar-refractivity contribution >= 4 is 21.8 Å². The van der Waals surface area contributed by atoms with Crippen molar-refractivity contribution in [1.82, 2.24) is 4.72 Å². The second kappa shape index (κ2) is 11.9. The molecule has 2 amide bonds. The lowest BCUT2D eigenvalue weighted by Crippen LogP contribution is -2.30. The van der Waals surface area contributed by atoms with Gasteiger partial charge in [0.2, 0.25) is 18.6 Å². The number of amides is 2. The van der Waals surface area contributed by atoms with E-state index < -0.39 is 27.9 Å². The summed E-state index contributed by atoms with van der Waals surface area (Å²) in [4.78, 5) is 25.4. The third kappa shape index (κ3) is 6.15. The lowest BCUT2D eigenvalue weighted by atomic mass is 10.0. The molecule has 3 aromatic rings. The molecule has 1 unspecified atom stereocenters. The van der Waals surface area contributed by atoms with Crippen LogP contribution in [0.4, 0.5) is 0 Å². The van der Waals surface area contributed by atoms with Crippen LogP contribution in [0.1, 0.15) is 66.3 Å². The van der Waals surface area contributed by atoms with E-state index in [4.69, 9.17) is 24.7 Å². The number of carbonyl (C=O) groups is 2. The Balaban J connectivity index is 1.59. The normalized spacial score (nSPS) is 13.1. The number of aryl methyl sites for hydroxylation is 1. The van der Waals surface area contributed by atoms with Gasteiger partial charge in [0.1, 0.15) is 5.75 Å². The van der Waals surface area contributed by atoms with E-state index in [1.165, 1.54) is 31.4 Å². The van der Waals surface area contributed by atoms with Crippen molar-refractivity contribution in [3.63, 3.8) is 0 Å². The number of hydrogen-bond donors (Lipinski definition) is 2. The second-order valence-corrected chi connectivity index (χ2v) is 11.3. The molecule has 0 saturated carbocycles. The van der Waals surface area contributed by atoms with Crippen LogP contribution in [0, 0.1) is 0 Å². The van der Waals surface area contributed by atoms with Gasteiger partial charge in [-0.3, -0.25) is 9.59 Å². The number of rotatable bonds is 11. The van der Waals surface area contributed by atoms with Crippen molar-refractivity contribution in [3.8, 4) is 23.0 Å². The smallest absolute Gasteiger partial charge is 0.265 e. The van der Waals surface area contributed by atoms with Crippen molar-refractivity contribution in [2.24, 2.45) is 5.73 Å². The van der Waals surface area contributed by atoms with Gasteiger partial charge in [-0.2, -0.15) is 0 Å². The summed E-state index contributed by atoms with van der Waals surface area (Å²) in [5.41, 5.74) is 7.81. The quantitative estimate of drug-likeness (QED) is 0.350. The number of primary amides is 1. The van der Waals surface area contributed by atoms with Gasteiger partial charge in [0.05, 0.1) is 12.0 Å². The molecule has 0 aromatic heterocycles. The molecular weight excluding hydrogens is 536 g/mol. The average Bonchev–Trinajstić information content (AvgIpc) is 3.40. The van der Waals surface area contributed by atoms with Crippen molar-refractivity contribution in [1.29, 1.82) is 0 Å². The fraction of sp³-hybridized carbons (Fsp3) is 0.310. The van der Waals surface area contributed by atoms with E-state index in [0.717, 1.165) is 5.56 Å². The first-order valence-corrected chi connectivity index (χ1v) is 14.3. The molecule has 212 valence electrons. The molecule has 10 nitrogen and oxygen atoms in total. The van der Waals surface area contributed by atoms with E-state index in [2.05, 4.69) is 4.72 Å². The summed E-state index contributed by atoms with van der Waals surface area (Å²) in [5, 5.41) is 0. The third-order valence-electron chi connectivity index (χ3n) is 6.41. The highest BCUT2D eigenvalue weighted by Gasteiger charge is 2.28. The molecule has 0 saturated heterocycles. The number of hydrogen-bond acceptors (Lipinski definition) is 8. The highest BCUT2D eigenvalue weighted by Crippen LogP contribution is 2.43. The molecule has 1 aliphatic rings. The molecule has 1 aliphatic heterocycles. The summed E-state index contributed by atoms with van der Waals surface area (Å²) in [5.74, 6) is 0.202. The Hall–Kier alpha value is -4.25. The average molecular weight is 569 g/mol. The first-order valence-electron chi connectivity index (χ1n) is 12.8. The maximum absolute atomic E-state index is 13.0. The van der Waals surface area contributed by atoms with E-state index in [-0.39, 0.29) is 23.2 Å². The van der Waals surface area contributed by atoms with Gasteiger partial charge in [-0.1, -0.05) is 39.3 Å². The molecule has 3 N–H and O–H groups in total. The Labute approximate surface area is 233 Å². The monoisotopic (exact) mass is 568 g/mol. The van der Waals surface area contributed by atoms with Crippen molar-refractivity contribution in [2.45, 2.75) is 50.5 Å². The first-order chi connectivity index (χ1) is 19.0. The number of carbonyl (C=O) groups excluding carboxylic acids is 2. The number of ether oxygens (including phenoxy) is 4. The first kappa shape index (κ1) is 28.8. The summed E-state index contributed by atoms with van der Waals surface area (Å²) >= 11 is 0. The molecule has 0 spiro atoms. The van der Waals surface area contributed by atoms with E-state index >= 15 is 0 Å². The zero-order valence-electron chi connectivity index (χ0n) is 22.7. The van der Waals surface area contributed by atoms with Gasteiger partial charge in [0.25, 0.3) is 21.8 Å². The number of benzene rings is 3. The van der Waals surface area contributed by atoms with Gasteiger partial charge in [-0.15, -0.1) is 0 Å². The summed E-state index contributed by atoms with van der Waals surface area (Å²) < 4.78 is 50.1. The van der Waals surface area contributed by atoms with E-state index in [0.29, 0.717) is 47.0 Å². The van der Waals surface area contributed by atoms with Crippen LogP contribution >= 0.6 is 0 Å². The summed E-state index contributed by atoms with van der Waals surface area (Å²) in [6, 6.07) is 14.1. The highest BCUT2D eigenvalue weighted by molar-refractivity contribution is 7.90. The van der Waals surface area contributed by atoms with Crippen LogP contribution in [0.2, 0.25) is 0 Å². The van der Waals surface area contributed by atoms with Crippen LogP contribution < -0.4 is 29.4 Å². The number of nitrogens with one attached hydrogen (secondary N) is 1. The maximum atomic E-state index is 13.0. The molecule has 11 heteroatoms. The fourth-order valence-electron chi connectivity index (χ4n) is 4.29. The van der Waals surface area contributed by atoms with E-state index in [9.17, 15) is 18.0 Å². The van der Waals surface area contributed by atoms with Crippen molar-refractivity contribution in [3.05, 3.63) is 76.9 Å². The largest absolute Gasteiger partial charge is 0.493 e. The summed E-state index contributed by atoms with van der Waals surface area (Å²) in [7, 11) is -2.63. The van der Waals surface area contributed by atoms with Gasteiger partial charge in [-0.05, 0) is 65.9 Å². The topological polar surface area (TPSA) is 143 Å². The second-order valence-electron chi connectivity index (χ2n) is 9.59. The third-order valence-corrected chi connectivity index (χ3v) is 7.76. The number of sulfonamides is 1.